The van der Waals surface area contributed by atoms with Crippen LogP contribution in [-0.4, -0.2) is 26.8 Å². The van der Waals surface area contributed by atoms with Crippen LogP contribution in [0.3, 0.4) is 0 Å². The van der Waals surface area contributed by atoms with Crippen LogP contribution < -0.4 is 11.1 Å². The number of carbonyl (C=O) groups is 1. The van der Waals surface area contributed by atoms with Crippen molar-refractivity contribution in [3.05, 3.63) is 30.0 Å². The minimum atomic E-state index is 0.0223. The van der Waals surface area contributed by atoms with E-state index in [1.807, 2.05) is 12.1 Å². The van der Waals surface area contributed by atoms with Gasteiger partial charge in [0.25, 0.3) is 0 Å². The number of carbonyl (C=O) groups excluding carboxylic acids is 1. The molecule has 1 aliphatic rings. The number of rotatable bonds is 3. The molecule has 0 unspecified atom stereocenters. The van der Waals surface area contributed by atoms with Gasteiger partial charge >= 0.3 is 0 Å². The van der Waals surface area contributed by atoms with Crippen molar-refractivity contribution in [1.82, 2.24) is 15.0 Å². The third-order valence-corrected chi connectivity index (χ3v) is 3.88. The van der Waals surface area contributed by atoms with E-state index in [4.69, 9.17) is 5.73 Å². The molecular weight excluding hydrogens is 278 g/mol. The third kappa shape index (κ3) is 2.13. The molecule has 2 aromatic heterocycles. The monoisotopic (exact) mass is 293 g/mol. The first kappa shape index (κ1) is 12.9. The van der Waals surface area contributed by atoms with Crippen molar-refractivity contribution in [3.63, 3.8) is 0 Å². The van der Waals surface area contributed by atoms with Gasteiger partial charge in [0.2, 0.25) is 5.95 Å². The second kappa shape index (κ2) is 4.62. The summed E-state index contributed by atoms with van der Waals surface area (Å²) in [5.74, 6) is 0.960. The SMILES string of the molecule is CC(=O)c1ccc2c(c1)nc(NC1CC1)c1nc(N)ncc12. The maximum atomic E-state index is 11.6. The normalized spacial score (nSPS) is 14.4. The minimum absolute atomic E-state index is 0.0223. The van der Waals surface area contributed by atoms with E-state index in [2.05, 4.69) is 20.3 Å². The Morgan fingerprint density at radius 3 is 2.82 bits per heavy atom. The van der Waals surface area contributed by atoms with Gasteiger partial charge in [0.05, 0.1) is 5.52 Å². The maximum absolute atomic E-state index is 11.6. The lowest BCUT2D eigenvalue weighted by Gasteiger charge is -2.11. The molecule has 6 nitrogen and oxygen atoms in total. The van der Waals surface area contributed by atoms with Crippen LogP contribution in [-0.2, 0) is 0 Å². The predicted octanol–water partition coefficient (Wildman–Crippen LogP) is 2.54. The van der Waals surface area contributed by atoms with Gasteiger partial charge in [-0.15, -0.1) is 0 Å². The lowest BCUT2D eigenvalue weighted by Crippen LogP contribution is -2.06. The average molecular weight is 293 g/mol. The number of anilines is 2. The van der Waals surface area contributed by atoms with Crippen LogP contribution in [0.15, 0.2) is 24.4 Å². The molecule has 0 saturated heterocycles. The van der Waals surface area contributed by atoms with E-state index in [0.29, 0.717) is 17.4 Å². The van der Waals surface area contributed by atoms with Crippen LogP contribution in [0, 0.1) is 0 Å². The molecule has 1 saturated carbocycles. The van der Waals surface area contributed by atoms with Gasteiger partial charge in [-0.1, -0.05) is 12.1 Å². The Bertz CT molecular complexity index is 917. The molecule has 1 fully saturated rings. The Kier molecular flexibility index (Phi) is 2.72. The summed E-state index contributed by atoms with van der Waals surface area (Å²) >= 11 is 0. The van der Waals surface area contributed by atoms with Crippen LogP contribution in [0.5, 0.6) is 0 Å². The number of fused-ring (bicyclic) bond motifs is 3. The summed E-state index contributed by atoms with van der Waals surface area (Å²) in [6.07, 6.45) is 3.98. The fourth-order valence-corrected chi connectivity index (χ4v) is 2.54. The molecule has 1 aliphatic carbocycles. The predicted molar refractivity (Wildman–Crippen MR) is 85.9 cm³/mol. The summed E-state index contributed by atoms with van der Waals surface area (Å²) in [5, 5.41) is 5.19. The molecule has 3 aromatic rings. The van der Waals surface area contributed by atoms with Crippen molar-refractivity contribution in [3.8, 4) is 0 Å². The summed E-state index contributed by atoms with van der Waals surface area (Å²) in [6, 6.07) is 5.95. The largest absolute Gasteiger partial charge is 0.368 e. The van der Waals surface area contributed by atoms with E-state index in [0.717, 1.165) is 34.6 Å². The van der Waals surface area contributed by atoms with Crippen molar-refractivity contribution in [2.24, 2.45) is 0 Å². The van der Waals surface area contributed by atoms with Crippen molar-refractivity contribution in [2.75, 3.05) is 11.1 Å². The Balaban J connectivity index is 2.03. The zero-order chi connectivity index (χ0) is 15.3. The van der Waals surface area contributed by atoms with Crippen molar-refractivity contribution in [1.29, 1.82) is 0 Å². The smallest absolute Gasteiger partial charge is 0.220 e. The van der Waals surface area contributed by atoms with Gasteiger partial charge in [0, 0.05) is 28.6 Å². The Hall–Kier alpha value is -2.76. The van der Waals surface area contributed by atoms with Gasteiger partial charge in [0.1, 0.15) is 5.52 Å². The first-order valence-corrected chi connectivity index (χ1v) is 7.25. The molecule has 0 bridgehead atoms. The summed E-state index contributed by atoms with van der Waals surface area (Å²) in [5.41, 5.74) is 7.86. The Morgan fingerprint density at radius 1 is 1.27 bits per heavy atom. The zero-order valence-electron chi connectivity index (χ0n) is 12.1. The van der Waals surface area contributed by atoms with Gasteiger partial charge in [-0.25, -0.2) is 15.0 Å². The molecule has 0 radical (unpaired) electrons. The van der Waals surface area contributed by atoms with E-state index in [-0.39, 0.29) is 11.7 Å². The van der Waals surface area contributed by atoms with E-state index < -0.39 is 0 Å². The van der Waals surface area contributed by atoms with Crippen molar-refractivity contribution < 1.29 is 4.79 Å². The number of nitrogens with zero attached hydrogens (tertiary/aromatic N) is 3. The van der Waals surface area contributed by atoms with Gasteiger partial charge in [0.15, 0.2) is 11.6 Å². The van der Waals surface area contributed by atoms with Gasteiger partial charge in [-0.2, -0.15) is 0 Å². The number of nitrogen functional groups attached to an aromatic ring is 1. The number of nitrogens with one attached hydrogen (secondary N) is 1. The molecule has 6 heteroatoms. The third-order valence-electron chi connectivity index (χ3n) is 3.88. The van der Waals surface area contributed by atoms with Crippen LogP contribution >= 0.6 is 0 Å². The Labute approximate surface area is 126 Å². The van der Waals surface area contributed by atoms with E-state index in [1.165, 1.54) is 0 Å². The van der Waals surface area contributed by atoms with Crippen LogP contribution in [0.4, 0.5) is 11.8 Å². The molecule has 0 aliphatic heterocycles. The first-order valence-electron chi connectivity index (χ1n) is 7.25. The first-order chi connectivity index (χ1) is 10.6. The van der Waals surface area contributed by atoms with Crippen LogP contribution in [0.25, 0.3) is 21.8 Å². The number of benzene rings is 1. The van der Waals surface area contributed by atoms with Crippen LogP contribution in [0.2, 0.25) is 0 Å². The second-order valence-electron chi connectivity index (χ2n) is 5.66. The maximum Gasteiger partial charge on any atom is 0.220 e. The number of pyridine rings is 1. The topological polar surface area (TPSA) is 93.8 Å². The average Bonchev–Trinajstić information content (AvgIpc) is 3.30. The minimum Gasteiger partial charge on any atom is -0.368 e. The van der Waals surface area contributed by atoms with Gasteiger partial charge in [-0.3, -0.25) is 4.79 Å². The van der Waals surface area contributed by atoms with Crippen molar-refractivity contribution in [2.45, 2.75) is 25.8 Å². The number of nitrogens with two attached hydrogens (primary N) is 1. The van der Waals surface area contributed by atoms with Crippen molar-refractivity contribution >= 4 is 39.4 Å². The number of ketones is 1. The molecule has 0 amide bonds. The lowest BCUT2D eigenvalue weighted by molar-refractivity contribution is 0.101. The van der Waals surface area contributed by atoms with E-state index in [9.17, 15) is 4.79 Å². The molecule has 22 heavy (non-hydrogen) atoms. The number of hydrogen-bond acceptors (Lipinski definition) is 6. The quantitative estimate of drug-likeness (QED) is 0.569. The molecule has 3 N–H and O–H groups in total. The molecule has 2 heterocycles. The summed E-state index contributed by atoms with van der Waals surface area (Å²) < 4.78 is 0. The highest BCUT2D eigenvalue weighted by atomic mass is 16.1. The highest BCUT2D eigenvalue weighted by molar-refractivity contribution is 6.10. The molecule has 0 atom stereocenters. The van der Waals surface area contributed by atoms with Crippen LogP contribution in [0.1, 0.15) is 30.1 Å². The lowest BCUT2D eigenvalue weighted by atomic mass is 10.1. The standard InChI is InChI=1S/C16H15N5O/c1-8(22)9-2-5-11-12-7-18-16(17)21-14(12)15(19-10-3-4-10)20-13(11)6-9/h2,5-7,10H,3-4H2,1H3,(H,19,20)(H2,17,18,21). The van der Waals surface area contributed by atoms with E-state index >= 15 is 0 Å². The summed E-state index contributed by atoms with van der Waals surface area (Å²) in [4.78, 5) is 24.7. The molecule has 0 spiro atoms. The summed E-state index contributed by atoms with van der Waals surface area (Å²) in [6.45, 7) is 1.55. The fraction of sp³-hybridized carbons (Fsp3) is 0.250. The highest BCUT2D eigenvalue weighted by Gasteiger charge is 2.23. The molecule has 4 rings (SSSR count). The molecular formula is C16H15N5O. The fourth-order valence-electron chi connectivity index (χ4n) is 2.54. The number of Topliss-reactive ketones (excluding diaryl/α,β-unsaturated/α-hetero) is 1. The van der Waals surface area contributed by atoms with Gasteiger partial charge in [-0.05, 0) is 25.8 Å². The highest BCUT2D eigenvalue weighted by Crippen LogP contribution is 2.32. The molecule has 110 valence electrons. The number of aromatic nitrogens is 3. The number of hydrogen-bond donors (Lipinski definition) is 2. The zero-order valence-corrected chi connectivity index (χ0v) is 12.1. The summed E-state index contributed by atoms with van der Waals surface area (Å²) in [7, 11) is 0. The Morgan fingerprint density at radius 2 is 2.09 bits per heavy atom. The van der Waals surface area contributed by atoms with E-state index in [1.54, 1.807) is 19.2 Å². The van der Waals surface area contributed by atoms with Gasteiger partial charge < -0.3 is 11.1 Å². The second-order valence-corrected chi connectivity index (χ2v) is 5.66. The molecule has 1 aromatic carbocycles.